The van der Waals surface area contributed by atoms with Gasteiger partial charge in [0.2, 0.25) is 6.29 Å². The molecule has 2 saturated heterocycles. The third kappa shape index (κ3) is 5.14. The zero-order valence-electron chi connectivity index (χ0n) is 21.5. The van der Waals surface area contributed by atoms with Gasteiger partial charge in [0.1, 0.15) is 77.2 Å². The number of ether oxygens (including phenoxy) is 3. The molecule has 3 aromatic rings. The molecule has 9 N–H and O–H groups in total. The van der Waals surface area contributed by atoms with E-state index in [-0.39, 0.29) is 33.8 Å². The lowest BCUT2D eigenvalue weighted by atomic mass is 9.89. The van der Waals surface area contributed by atoms with Crippen molar-refractivity contribution in [3.63, 3.8) is 0 Å². The number of aromatic hydroxyl groups is 2. The van der Waals surface area contributed by atoms with Gasteiger partial charge < -0.3 is 64.6 Å². The van der Waals surface area contributed by atoms with Crippen molar-refractivity contribution in [3.8, 4) is 28.6 Å². The third-order valence-corrected chi connectivity index (χ3v) is 7.36. The van der Waals surface area contributed by atoms with Crippen molar-refractivity contribution in [1.82, 2.24) is 0 Å². The first-order valence-electron chi connectivity index (χ1n) is 12.7. The zero-order valence-corrected chi connectivity index (χ0v) is 21.5. The van der Waals surface area contributed by atoms with E-state index in [4.69, 9.17) is 18.6 Å². The topological polar surface area (TPSA) is 240 Å². The van der Waals surface area contributed by atoms with Crippen LogP contribution in [-0.2, 0) is 9.47 Å². The van der Waals surface area contributed by atoms with E-state index in [0.717, 1.165) is 12.1 Å². The highest BCUT2D eigenvalue weighted by Crippen LogP contribution is 2.45. The van der Waals surface area contributed by atoms with Crippen LogP contribution in [0.5, 0.6) is 17.2 Å². The zero-order chi connectivity index (χ0) is 29.7. The summed E-state index contributed by atoms with van der Waals surface area (Å²) in [6.45, 7) is 0.637. The monoisotopic (exact) mass is 578 g/mol. The number of fused-ring (bicyclic) bond motifs is 1. The minimum absolute atomic E-state index is 0.0361. The summed E-state index contributed by atoms with van der Waals surface area (Å²) in [7, 11) is 0. The molecule has 2 fully saturated rings. The van der Waals surface area contributed by atoms with Gasteiger partial charge in [0.05, 0.1) is 18.3 Å². The molecular formula is C27H30O14. The molecule has 2 aromatic carbocycles. The molecule has 222 valence electrons. The van der Waals surface area contributed by atoms with Crippen LogP contribution in [0, 0.1) is 0 Å². The lowest BCUT2D eigenvalue weighted by Crippen LogP contribution is -2.58. The minimum Gasteiger partial charge on any atom is -0.508 e. The number of hydrogen-bond acceptors (Lipinski definition) is 14. The number of hydrogen-bond donors (Lipinski definition) is 9. The fourth-order valence-corrected chi connectivity index (χ4v) is 5.02. The molecule has 2 aliphatic rings. The van der Waals surface area contributed by atoms with E-state index in [1.165, 1.54) is 31.2 Å². The second kappa shape index (κ2) is 11.2. The summed E-state index contributed by atoms with van der Waals surface area (Å²) in [5.41, 5.74) is -1.04. The first-order valence-corrected chi connectivity index (χ1v) is 12.7. The average molecular weight is 579 g/mol. The Kier molecular flexibility index (Phi) is 7.95. The molecule has 2 aliphatic heterocycles. The first kappa shape index (κ1) is 29.2. The molecule has 0 saturated carbocycles. The van der Waals surface area contributed by atoms with Crippen LogP contribution < -0.4 is 10.2 Å². The molecule has 0 radical (unpaired) electrons. The maximum atomic E-state index is 13.2. The molecule has 14 nitrogen and oxygen atoms in total. The van der Waals surface area contributed by atoms with Crippen LogP contribution in [-0.4, -0.2) is 108 Å². The maximum absolute atomic E-state index is 13.2. The summed E-state index contributed by atoms with van der Waals surface area (Å²) in [4.78, 5) is 13.2. The SMILES string of the molecule is C[C@@H]1O[C@H](Oc2cc(O)c3c(=O)cc(-c4ccc(O)cc4)oc3c2[C@@H]2O[C@H](CO)[C@H](O)[C@H](O)[C@@H]2O)[C@H](O)[C@@H](O)[C@H]1O. The minimum atomic E-state index is -1.88. The van der Waals surface area contributed by atoms with Crippen molar-refractivity contribution in [1.29, 1.82) is 0 Å². The Labute approximate surface area is 231 Å². The molecule has 5 rings (SSSR count). The molecule has 0 unspecified atom stereocenters. The molecule has 0 aliphatic carbocycles. The number of phenolic OH excluding ortho intramolecular Hbond substituents is 2. The maximum Gasteiger partial charge on any atom is 0.229 e. The molecule has 41 heavy (non-hydrogen) atoms. The van der Waals surface area contributed by atoms with Gasteiger partial charge >= 0.3 is 0 Å². The summed E-state index contributed by atoms with van der Waals surface area (Å²) >= 11 is 0. The number of aliphatic hydroxyl groups is 7. The fourth-order valence-electron chi connectivity index (χ4n) is 5.02. The quantitative estimate of drug-likeness (QED) is 0.169. The lowest BCUT2D eigenvalue weighted by Gasteiger charge is -2.42. The van der Waals surface area contributed by atoms with Crippen molar-refractivity contribution in [3.05, 3.63) is 52.2 Å². The predicted octanol–water partition coefficient (Wildman–Crippen LogP) is -1.41. The van der Waals surface area contributed by atoms with Gasteiger partial charge in [-0.3, -0.25) is 4.79 Å². The Balaban J connectivity index is 1.73. The molecule has 0 bridgehead atoms. The lowest BCUT2D eigenvalue weighted by molar-refractivity contribution is -0.269. The largest absolute Gasteiger partial charge is 0.508 e. The van der Waals surface area contributed by atoms with E-state index in [2.05, 4.69) is 0 Å². The average Bonchev–Trinajstić information content (AvgIpc) is 2.94. The van der Waals surface area contributed by atoms with Crippen molar-refractivity contribution in [2.24, 2.45) is 0 Å². The Morgan fingerprint density at radius 3 is 2.15 bits per heavy atom. The predicted molar refractivity (Wildman–Crippen MR) is 137 cm³/mol. The van der Waals surface area contributed by atoms with Crippen molar-refractivity contribution in [2.45, 2.75) is 68.1 Å². The van der Waals surface area contributed by atoms with Gasteiger partial charge in [0.25, 0.3) is 0 Å². The van der Waals surface area contributed by atoms with Gasteiger partial charge in [-0.2, -0.15) is 0 Å². The summed E-state index contributed by atoms with van der Waals surface area (Å²) in [6.07, 6.45) is -16.1. The van der Waals surface area contributed by atoms with E-state index >= 15 is 0 Å². The summed E-state index contributed by atoms with van der Waals surface area (Å²) < 4.78 is 23.1. The summed E-state index contributed by atoms with van der Waals surface area (Å²) in [5.74, 6) is -1.12. The van der Waals surface area contributed by atoms with Gasteiger partial charge in [0.15, 0.2) is 11.0 Å². The molecule has 10 atom stereocenters. The van der Waals surface area contributed by atoms with E-state index in [1.54, 1.807) is 0 Å². The number of benzene rings is 2. The van der Waals surface area contributed by atoms with Crippen LogP contribution in [0.25, 0.3) is 22.3 Å². The van der Waals surface area contributed by atoms with Gasteiger partial charge in [-0.25, -0.2) is 0 Å². The molecular weight excluding hydrogens is 548 g/mol. The standard InChI is InChI=1S/C27H30O14/c1-9-19(32)21(34)24(37)27(38-9)41-15-7-13(31)17-12(30)6-14(10-2-4-11(29)5-3-10)39-25(17)18(15)26-23(36)22(35)20(33)16(8-28)40-26/h2-7,9,16,19-24,26-29,31-37H,8H2,1H3/t9-,16+,19-,20-,21-,22-,23-,24+,26-,27+/m0/s1. The molecule has 14 heteroatoms. The first-order chi connectivity index (χ1) is 19.4. The number of phenols is 2. The smallest absolute Gasteiger partial charge is 0.229 e. The Bertz CT molecular complexity index is 1450. The van der Waals surface area contributed by atoms with Crippen LogP contribution in [0.15, 0.2) is 45.6 Å². The normalized spacial score (nSPS) is 34.0. The van der Waals surface area contributed by atoms with Gasteiger partial charge in [0, 0.05) is 17.7 Å². The van der Waals surface area contributed by atoms with E-state index < -0.39 is 79.0 Å². The van der Waals surface area contributed by atoms with Crippen molar-refractivity contribution in [2.75, 3.05) is 6.61 Å². The highest BCUT2D eigenvalue weighted by atomic mass is 16.7. The van der Waals surface area contributed by atoms with Gasteiger partial charge in [-0.15, -0.1) is 0 Å². The van der Waals surface area contributed by atoms with Gasteiger partial charge in [-0.1, -0.05) is 0 Å². The highest BCUT2D eigenvalue weighted by Gasteiger charge is 2.48. The van der Waals surface area contributed by atoms with Gasteiger partial charge in [-0.05, 0) is 31.2 Å². The Hall–Kier alpha value is -3.31. The number of aliphatic hydroxyl groups excluding tert-OH is 7. The van der Waals surface area contributed by atoms with E-state index in [1.807, 2.05) is 0 Å². The Morgan fingerprint density at radius 1 is 0.829 bits per heavy atom. The summed E-state index contributed by atoms with van der Waals surface area (Å²) in [5, 5.41) is 92.5. The molecule has 0 amide bonds. The molecule has 3 heterocycles. The fraction of sp³-hybridized carbons (Fsp3) is 0.444. The summed E-state index contributed by atoms with van der Waals surface area (Å²) in [6, 6.07) is 7.63. The molecule has 1 aromatic heterocycles. The van der Waals surface area contributed by atoms with E-state index in [9.17, 15) is 50.8 Å². The second-order valence-electron chi connectivity index (χ2n) is 10.1. The second-order valence-corrected chi connectivity index (χ2v) is 10.1. The van der Waals surface area contributed by atoms with Crippen LogP contribution in [0.2, 0.25) is 0 Å². The number of rotatable bonds is 5. The Morgan fingerprint density at radius 2 is 1.49 bits per heavy atom. The van der Waals surface area contributed by atoms with Crippen molar-refractivity contribution < 1.29 is 64.6 Å². The highest BCUT2D eigenvalue weighted by molar-refractivity contribution is 5.89. The molecule has 0 spiro atoms. The van der Waals surface area contributed by atoms with Crippen LogP contribution in [0.3, 0.4) is 0 Å². The van der Waals surface area contributed by atoms with Crippen LogP contribution >= 0.6 is 0 Å². The van der Waals surface area contributed by atoms with E-state index in [0.29, 0.717) is 5.56 Å². The third-order valence-electron chi connectivity index (χ3n) is 7.36. The van der Waals surface area contributed by atoms with Crippen LogP contribution in [0.4, 0.5) is 0 Å². The van der Waals surface area contributed by atoms with Crippen LogP contribution in [0.1, 0.15) is 18.6 Å². The van der Waals surface area contributed by atoms with Crippen molar-refractivity contribution >= 4 is 11.0 Å².